The van der Waals surface area contributed by atoms with Crippen molar-refractivity contribution in [1.29, 1.82) is 0 Å². The number of rotatable bonds is 3. The van der Waals surface area contributed by atoms with Gasteiger partial charge in [-0.2, -0.15) is 0 Å². The minimum atomic E-state index is 0.0620. The summed E-state index contributed by atoms with van der Waals surface area (Å²) in [5.41, 5.74) is 6.48. The molecule has 0 bridgehead atoms. The molecule has 1 amide bonds. The molecule has 0 saturated carbocycles. The second-order valence-electron chi connectivity index (χ2n) is 7.75. The zero-order valence-corrected chi connectivity index (χ0v) is 16.6. The van der Waals surface area contributed by atoms with Crippen molar-refractivity contribution in [1.82, 2.24) is 0 Å². The van der Waals surface area contributed by atoms with Gasteiger partial charge in [0.2, 0.25) is 0 Å². The largest absolute Gasteiger partial charge is 0.378 e. The smallest absolute Gasteiger partial charge is 0.258 e. The molecule has 0 spiro atoms. The van der Waals surface area contributed by atoms with Crippen LogP contribution in [0.4, 0.5) is 11.4 Å². The molecule has 0 saturated heterocycles. The molecule has 1 N–H and O–H groups in total. The monoisotopic (exact) mass is 370 g/mol. The quantitative estimate of drug-likeness (QED) is 0.623. The molecule has 1 heterocycles. The standard InChI is InChI=1S/C25H26N2O/c1-17-9-12-21(13-10-17)26-23-16-19(3)27(24-14-11-18(2)15-22(23)24)25(28)20-7-5-4-6-8-20/h4-15,19,23,26H,16H2,1-3H3. The molecule has 3 aromatic carbocycles. The van der Waals surface area contributed by atoms with Crippen molar-refractivity contribution in [2.24, 2.45) is 0 Å². The Hall–Kier alpha value is -3.07. The summed E-state index contributed by atoms with van der Waals surface area (Å²) in [6.07, 6.45) is 0.864. The van der Waals surface area contributed by atoms with Gasteiger partial charge in [0.1, 0.15) is 0 Å². The SMILES string of the molecule is Cc1ccc(NC2CC(C)N(C(=O)c3ccccc3)c3ccc(C)cc32)cc1. The van der Waals surface area contributed by atoms with Gasteiger partial charge in [-0.05, 0) is 63.1 Å². The average molecular weight is 370 g/mol. The number of anilines is 2. The van der Waals surface area contributed by atoms with E-state index in [4.69, 9.17) is 0 Å². The molecule has 142 valence electrons. The van der Waals surface area contributed by atoms with E-state index in [2.05, 4.69) is 68.6 Å². The van der Waals surface area contributed by atoms with Gasteiger partial charge in [-0.3, -0.25) is 4.79 Å². The molecular weight excluding hydrogens is 344 g/mol. The van der Waals surface area contributed by atoms with Crippen LogP contribution in [-0.2, 0) is 0 Å². The van der Waals surface area contributed by atoms with Gasteiger partial charge in [0, 0.05) is 23.0 Å². The first-order valence-corrected chi connectivity index (χ1v) is 9.85. The summed E-state index contributed by atoms with van der Waals surface area (Å²) in [6, 6.07) is 24.7. The van der Waals surface area contributed by atoms with E-state index in [0.29, 0.717) is 0 Å². The van der Waals surface area contributed by atoms with Gasteiger partial charge in [-0.25, -0.2) is 0 Å². The first-order chi connectivity index (χ1) is 13.5. The minimum Gasteiger partial charge on any atom is -0.378 e. The number of benzene rings is 3. The van der Waals surface area contributed by atoms with Crippen LogP contribution in [-0.4, -0.2) is 11.9 Å². The van der Waals surface area contributed by atoms with Crippen LogP contribution in [0.15, 0.2) is 72.8 Å². The van der Waals surface area contributed by atoms with Crippen molar-refractivity contribution in [3.63, 3.8) is 0 Å². The Bertz CT molecular complexity index is 979. The highest BCUT2D eigenvalue weighted by Crippen LogP contribution is 2.40. The van der Waals surface area contributed by atoms with Gasteiger partial charge in [0.05, 0.1) is 6.04 Å². The fourth-order valence-corrected chi connectivity index (χ4v) is 4.00. The van der Waals surface area contributed by atoms with E-state index in [9.17, 15) is 4.79 Å². The maximum absolute atomic E-state index is 13.3. The van der Waals surface area contributed by atoms with Crippen molar-refractivity contribution in [2.45, 2.75) is 39.3 Å². The van der Waals surface area contributed by atoms with Gasteiger partial charge in [-0.15, -0.1) is 0 Å². The normalized spacial score (nSPS) is 18.5. The lowest BCUT2D eigenvalue weighted by molar-refractivity contribution is 0.0974. The summed E-state index contributed by atoms with van der Waals surface area (Å²) in [5, 5.41) is 3.68. The number of carbonyl (C=O) groups is 1. The Morgan fingerprint density at radius 2 is 1.61 bits per heavy atom. The Labute approximate surface area is 167 Å². The maximum atomic E-state index is 13.3. The van der Waals surface area contributed by atoms with Crippen LogP contribution >= 0.6 is 0 Å². The third kappa shape index (κ3) is 3.53. The topological polar surface area (TPSA) is 32.3 Å². The summed E-state index contributed by atoms with van der Waals surface area (Å²) in [7, 11) is 0. The zero-order chi connectivity index (χ0) is 19.7. The third-order valence-corrected chi connectivity index (χ3v) is 5.47. The van der Waals surface area contributed by atoms with Crippen LogP contribution in [0.5, 0.6) is 0 Å². The number of hydrogen-bond donors (Lipinski definition) is 1. The fourth-order valence-electron chi connectivity index (χ4n) is 4.00. The second kappa shape index (κ2) is 7.51. The molecule has 4 rings (SSSR count). The number of nitrogens with zero attached hydrogens (tertiary/aromatic N) is 1. The lowest BCUT2D eigenvalue weighted by atomic mass is 9.89. The number of nitrogens with one attached hydrogen (secondary N) is 1. The zero-order valence-electron chi connectivity index (χ0n) is 16.6. The van der Waals surface area contributed by atoms with Crippen LogP contribution in [0.25, 0.3) is 0 Å². The molecule has 28 heavy (non-hydrogen) atoms. The Morgan fingerprint density at radius 1 is 0.929 bits per heavy atom. The summed E-state index contributed by atoms with van der Waals surface area (Å²) >= 11 is 0. The number of amides is 1. The molecule has 1 aliphatic rings. The highest BCUT2D eigenvalue weighted by atomic mass is 16.2. The molecule has 2 atom stereocenters. The lowest BCUT2D eigenvalue weighted by Crippen LogP contribution is -2.44. The predicted octanol–water partition coefficient (Wildman–Crippen LogP) is 5.90. The molecule has 0 radical (unpaired) electrons. The molecule has 2 unspecified atom stereocenters. The predicted molar refractivity (Wildman–Crippen MR) is 116 cm³/mol. The summed E-state index contributed by atoms with van der Waals surface area (Å²) in [5.74, 6) is 0.0620. The van der Waals surface area contributed by atoms with E-state index in [1.54, 1.807) is 0 Å². The average Bonchev–Trinajstić information content (AvgIpc) is 2.70. The summed E-state index contributed by atoms with van der Waals surface area (Å²) < 4.78 is 0. The van der Waals surface area contributed by atoms with Gasteiger partial charge in [0.15, 0.2) is 0 Å². The van der Waals surface area contributed by atoms with E-state index in [-0.39, 0.29) is 18.0 Å². The summed E-state index contributed by atoms with van der Waals surface area (Å²) in [6.45, 7) is 6.33. The van der Waals surface area contributed by atoms with Gasteiger partial charge in [0.25, 0.3) is 5.91 Å². The van der Waals surface area contributed by atoms with Crippen molar-refractivity contribution in [3.8, 4) is 0 Å². The van der Waals surface area contributed by atoms with E-state index >= 15 is 0 Å². The highest BCUT2D eigenvalue weighted by Gasteiger charge is 2.34. The maximum Gasteiger partial charge on any atom is 0.258 e. The van der Waals surface area contributed by atoms with Crippen molar-refractivity contribution < 1.29 is 4.79 Å². The number of fused-ring (bicyclic) bond motifs is 1. The van der Waals surface area contributed by atoms with Crippen LogP contribution in [0.3, 0.4) is 0 Å². The molecule has 1 aliphatic heterocycles. The van der Waals surface area contributed by atoms with E-state index in [1.807, 2.05) is 35.2 Å². The second-order valence-corrected chi connectivity index (χ2v) is 7.75. The molecule has 0 fully saturated rings. The Morgan fingerprint density at radius 3 is 2.32 bits per heavy atom. The van der Waals surface area contributed by atoms with E-state index in [1.165, 1.54) is 16.7 Å². The first kappa shape index (κ1) is 18.3. The molecule has 0 aliphatic carbocycles. The van der Waals surface area contributed by atoms with Gasteiger partial charge >= 0.3 is 0 Å². The first-order valence-electron chi connectivity index (χ1n) is 9.85. The third-order valence-electron chi connectivity index (χ3n) is 5.47. The lowest BCUT2D eigenvalue weighted by Gasteiger charge is -2.40. The number of hydrogen-bond acceptors (Lipinski definition) is 2. The van der Waals surface area contributed by atoms with Crippen LogP contribution in [0.2, 0.25) is 0 Å². The van der Waals surface area contributed by atoms with E-state index in [0.717, 1.165) is 23.4 Å². The van der Waals surface area contributed by atoms with Crippen molar-refractivity contribution in [3.05, 3.63) is 95.1 Å². The van der Waals surface area contributed by atoms with Crippen molar-refractivity contribution in [2.75, 3.05) is 10.2 Å². The fraction of sp³-hybridized carbons (Fsp3) is 0.240. The molecule has 3 heteroatoms. The van der Waals surface area contributed by atoms with E-state index < -0.39 is 0 Å². The molecule has 3 nitrogen and oxygen atoms in total. The van der Waals surface area contributed by atoms with Crippen molar-refractivity contribution >= 4 is 17.3 Å². The van der Waals surface area contributed by atoms with Gasteiger partial charge in [-0.1, -0.05) is 53.6 Å². The molecular formula is C25H26N2O. The Kier molecular flexibility index (Phi) is 4.91. The van der Waals surface area contributed by atoms with Crippen LogP contribution in [0.1, 0.15) is 46.4 Å². The molecule has 0 aromatic heterocycles. The van der Waals surface area contributed by atoms with Gasteiger partial charge < -0.3 is 10.2 Å². The molecule has 3 aromatic rings. The number of aryl methyl sites for hydroxylation is 2. The number of carbonyl (C=O) groups excluding carboxylic acids is 1. The van der Waals surface area contributed by atoms with Crippen LogP contribution in [0, 0.1) is 13.8 Å². The summed E-state index contributed by atoms with van der Waals surface area (Å²) in [4.78, 5) is 15.2. The highest BCUT2D eigenvalue weighted by molar-refractivity contribution is 6.07. The minimum absolute atomic E-state index is 0.0620. The Balaban J connectivity index is 1.71. The van der Waals surface area contributed by atoms with Crippen LogP contribution < -0.4 is 10.2 Å².